The van der Waals surface area contributed by atoms with Crippen molar-refractivity contribution < 1.29 is 27.8 Å². The van der Waals surface area contributed by atoms with E-state index in [1.54, 1.807) is 6.07 Å². The number of aryl methyl sites for hydroxylation is 1. The molecule has 1 heterocycles. The molecule has 0 aliphatic carbocycles. The quantitative estimate of drug-likeness (QED) is 0.827. The number of carbonyl (C=O) groups is 1. The number of nitrogens with one attached hydrogen (secondary N) is 1. The van der Waals surface area contributed by atoms with E-state index in [-0.39, 0.29) is 29.9 Å². The number of carbonyl (C=O) groups excluding carboxylic acids is 1. The predicted octanol–water partition coefficient (Wildman–Crippen LogP) is 4.24. The fourth-order valence-electron chi connectivity index (χ4n) is 2.35. The normalized spacial score (nSPS) is 12.3. The van der Waals surface area contributed by atoms with E-state index in [2.05, 4.69) is 10.1 Å². The maximum atomic E-state index is 12.2. The molecule has 2 aromatic rings. The molecule has 0 spiro atoms. The molecule has 2 aromatic carbocycles. The summed E-state index contributed by atoms with van der Waals surface area (Å²) in [5.74, 6) is 0.986. The van der Waals surface area contributed by atoms with Crippen molar-refractivity contribution in [2.45, 2.75) is 19.5 Å². The fourth-order valence-corrected chi connectivity index (χ4v) is 2.57. The molecule has 0 unspecified atom stereocenters. The van der Waals surface area contributed by atoms with Crippen LogP contribution >= 0.6 is 11.6 Å². The monoisotopic (exact) mass is 369 g/mol. The van der Waals surface area contributed by atoms with Gasteiger partial charge in [-0.3, -0.25) is 4.79 Å². The van der Waals surface area contributed by atoms with Crippen molar-refractivity contribution in [2.24, 2.45) is 0 Å². The van der Waals surface area contributed by atoms with Crippen LogP contribution in [-0.4, -0.2) is 19.3 Å². The summed E-state index contributed by atoms with van der Waals surface area (Å²) in [5, 5.41) is 2.66. The third kappa shape index (κ3) is 4.51. The van der Waals surface area contributed by atoms with E-state index in [9.17, 15) is 13.6 Å². The summed E-state index contributed by atoms with van der Waals surface area (Å²) < 4.78 is 39.1. The van der Waals surface area contributed by atoms with E-state index in [0.29, 0.717) is 23.6 Å². The summed E-state index contributed by atoms with van der Waals surface area (Å²) in [6.45, 7) is -2.76. The smallest absolute Gasteiger partial charge is 0.387 e. The number of fused-ring (bicyclic) bond motifs is 1. The van der Waals surface area contributed by atoms with E-state index < -0.39 is 6.61 Å². The average molecular weight is 370 g/mol. The Morgan fingerprint density at radius 2 is 2.00 bits per heavy atom. The first-order valence-electron chi connectivity index (χ1n) is 7.44. The molecule has 5 nitrogen and oxygen atoms in total. The maximum Gasteiger partial charge on any atom is 0.387 e. The van der Waals surface area contributed by atoms with Crippen LogP contribution in [0.15, 0.2) is 36.4 Å². The van der Waals surface area contributed by atoms with Gasteiger partial charge in [0, 0.05) is 12.1 Å². The van der Waals surface area contributed by atoms with Crippen LogP contribution < -0.4 is 19.5 Å². The lowest BCUT2D eigenvalue weighted by Gasteiger charge is -2.10. The second kappa shape index (κ2) is 7.57. The van der Waals surface area contributed by atoms with Crippen molar-refractivity contribution >= 4 is 23.2 Å². The number of alkyl halides is 2. The molecule has 132 valence electrons. The Labute approximate surface area is 147 Å². The molecular weight excluding hydrogens is 356 g/mol. The van der Waals surface area contributed by atoms with Gasteiger partial charge in [-0.1, -0.05) is 17.7 Å². The molecule has 0 fully saturated rings. The minimum Gasteiger partial charge on any atom is -0.454 e. The Morgan fingerprint density at radius 3 is 2.76 bits per heavy atom. The molecule has 0 saturated heterocycles. The number of amides is 1. The van der Waals surface area contributed by atoms with Crippen LogP contribution in [0.3, 0.4) is 0 Å². The molecule has 0 aromatic heterocycles. The topological polar surface area (TPSA) is 56.8 Å². The third-order valence-corrected chi connectivity index (χ3v) is 3.80. The molecule has 0 atom stereocenters. The summed E-state index contributed by atoms with van der Waals surface area (Å²) in [4.78, 5) is 12.0. The van der Waals surface area contributed by atoms with Crippen LogP contribution in [0, 0.1) is 0 Å². The van der Waals surface area contributed by atoms with Crippen LogP contribution in [0.4, 0.5) is 14.5 Å². The number of halogens is 3. The summed E-state index contributed by atoms with van der Waals surface area (Å²) in [6.07, 6.45) is 0.759. The second-order valence-electron chi connectivity index (χ2n) is 5.26. The average Bonchev–Trinajstić information content (AvgIpc) is 3.03. The highest BCUT2D eigenvalue weighted by Gasteiger charge is 2.14. The van der Waals surface area contributed by atoms with Gasteiger partial charge in [0.15, 0.2) is 11.5 Å². The minimum absolute atomic E-state index is 0.00568. The van der Waals surface area contributed by atoms with Gasteiger partial charge in [-0.25, -0.2) is 0 Å². The van der Waals surface area contributed by atoms with Gasteiger partial charge in [0.05, 0.1) is 5.02 Å². The molecule has 3 rings (SSSR count). The Morgan fingerprint density at radius 1 is 1.20 bits per heavy atom. The minimum atomic E-state index is -2.96. The number of rotatable bonds is 6. The Bertz CT molecular complexity index is 785. The summed E-state index contributed by atoms with van der Waals surface area (Å²) in [7, 11) is 0. The van der Waals surface area contributed by atoms with Crippen molar-refractivity contribution in [3.05, 3.63) is 47.0 Å². The third-order valence-electron chi connectivity index (χ3n) is 3.51. The van der Waals surface area contributed by atoms with Gasteiger partial charge in [0.1, 0.15) is 5.75 Å². The molecular formula is C17H14ClF2NO4. The molecule has 1 amide bonds. The maximum absolute atomic E-state index is 12.2. The fraction of sp³-hybridized carbons (Fsp3) is 0.235. The largest absolute Gasteiger partial charge is 0.454 e. The van der Waals surface area contributed by atoms with Crippen LogP contribution in [0.5, 0.6) is 17.2 Å². The van der Waals surface area contributed by atoms with Gasteiger partial charge < -0.3 is 19.5 Å². The van der Waals surface area contributed by atoms with Crippen LogP contribution in [-0.2, 0) is 11.2 Å². The van der Waals surface area contributed by atoms with E-state index in [1.165, 1.54) is 18.2 Å². The first-order valence-corrected chi connectivity index (χ1v) is 7.82. The molecule has 0 radical (unpaired) electrons. The lowest BCUT2D eigenvalue weighted by atomic mass is 10.1. The van der Waals surface area contributed by atoms with Gasteiger partial charge in [-0.2, -0.15) is 8.78 Å². The van der Waals surface area contributed by atoms with E-state index in [4.69, 9.17) is 21.1 Å². The van der Waals surface area contributed by atoms with Gasteiger partial charge in [0.25, 0.3) is 0 Å². The lowest BCUT2D eigenvalue weighted by Crippen LogP contribution is -2.12. The highest BCUT2D eigenvalue weighted by molar-refractivity contribution is 6.32. The SMILES string of the molecule is O=C(CCc1ccc2c(c1)OCO2)Nc1ccc(OC(F)F)c(Cl)c1. The van der Waals surface area contributed by atoms with Crippen LogP contribution in [0.25, 0.3) is 0 Å². The van der Waals surface area contributed by atoms with Crippen molar-refractivity contribution in [2.75, 3.05) is 12.1 Å². The van der Waals surface area contributed by atoms with Gasteiger partial charge in [0.2, 0.25) is 12.7 Å². The predicted molar refractivity (Wildman–Crippen MR) is 87.6 cm³/mol. The molecule has 8 heteroatoms. The van der Waals surface area contributed by atoms with Crippen molar-refractivity contribution in [3.63, 3.8) is 0 Å². The number of hydrogen-bond donors (Lipinski definition) is 1. The van der Waals surface area contributed by atoms with E-state index in [0.717, 1.165) is 5.56 Å². The first kappa shape index (κ1) is 17.3. The number of benzene rings is 2. The molecule has 1 aliphatic rings. The van der Waals surface area contributed by atoms with E-state index in [1.807, 2.05) is 12.1 Å². The highest BCUT2D eigenvalue weighted by Crippen LogP contribution is 2.33. The summed E-state index contributed by atoms with van der Waals surface area (Å²) >= 11 is 5.85. The second-order valence-corrected chi connectivity index (χ2v) is 5.67. The number of hydrogen-bond acceptors (Lipinski definition) is 4. The Hall–Kier alpha value is -2.54. The molecule has 0 bridgehead atoms. The summed E-state index contributed by atoms with van der Waals surface area (Å²) in [5.41, 5.74) is 1.35. The molecule has 1 aliphatic heterocycles. The van der Waals surface area contributed by atoms with Gasteiger partial charge >= 0.3 is 6.61 Å². The molecule has 25 heavy (non-hydrogen) atoms. The van der Waals surface area contributed by atoms with Crippen LogP contribution in [0.1, 0.15) is 12.0 Å². The standard InChI is InChI=1S/C17H14ClF2NO4/c18-12-8-11(3-5-13(12)25-17(19)20)21-16(22)6-2-10-1-4-14-15(7-10)24-9-23-14/h1,3-5,7-8,17H,2,6,9H2,(H,21,22). The lowest BCUT2D eigenvalue weighted by molar-refractivity contribution is -0.116. The van der Waals surface area contributed by atoms with Gasteiger partial charge in [-0.15, -0.1) is 0 Å². The summed E-state index contributed by atoms with van der Waals surface area (Å²) in [6, 6.07) is 9.59. The van der Waals surface area contributed by atoms with Crippen LogP contribution in [0.2, 0.25) is 5.02 Å². The van der Waals surface area contributed by atoms with Crippen molar-refractivity contribution in [1.29, 1.82) is 0 Å². The zero-order chi connectivity index (χ0) is 17.8. The number of ether oxygens (including phenoxy) is 3. The van der Waals surface area contributed by atoms with E-state index >= 15 is 0 Å². The molecule has 0 saturated carbocycles. The Kier molecular flexibility index (Phi) is 5.23. The van der Waals surface area contributed by atoms with Gasteiger partial charge in [-0.05, 0) is 42.3 Å². The first-order chi connectivity index (χ1) is 12.0. The zero-order valence-corrected chi connectivity index (χ0v) is 13.7. The number of anilines is 1. The highest BCUT2D eigenvalue weighted by atomic mass is 35.5. The van der Waals surface area contributed by atoms with Crippen molar-refractivity contribution in [3.8, 4) is 17.2 Å². The molecule has 1 N–H and O–H groups in total. The van der Waals surface area contributed by atoms with Crippen molar-refractivity contribution in [1.82, 2.24) is 0 Å². The zero-order valence-electron chi connectivity index (χ0n) is 12.9. The Balaban J connectivity index is 1.55.